The van der Waals surface area contributed by atoms with Gasteiger partial charge in [-0.15, -0.1) is 0 Å². The number of anilines is 1. The molecule has 0 unspecified atom stereocenters. The predicted molar refractivity (Wildman–Crippen MR) is 127 cm³/mol. The van der Waals surface area contributed by atoms with Crippen LogP contribution >= 0.6 is 0 Å². The summed E-state index contributed by atoms with van der Waals surface area (Å²) in [5, 5.41) is 7.59. The highest BCUT2D eigenvalue weighted by atomic mass is 16.5. The van der Waals surface area contributed by atoms with Crippen molar-refractivity contribution in [2.75, 3.05) is 31.6 Å². The van der Waals surface area contributed by atoms with Crippen LogP contribution in [-0.2, 0) is 23.2 Å². The Kier molecular flexibility index (Phi) is 7.02. The number of carbonyl (C=O) groups excluding carboxylic acids is 2. The molecule has 2 amide bonds. The summed E-state index contributed by atoms with van der Waals surface area (Å²) < 4.78 is 7.87. The summed E-state index contributed by atoms with van der Waals surface area (Å²) in [5.74, 6) is 0.719. The Balaban J connectivity index is 1.64. The molecule has 1 saturated heterocycles. The number of aryl methyl sites for hydroxylation is 1. The van der Waals surface area contributed by atoms with E-state index in [1.165, 1.54) is 0 Å². The van der Waals surface area contributed by atoms with Gasteiger partial charge in [-0.2, -0.15) is 5.10 Å². The van der Waals surface area contributed by atoms with E-state index in [-0.39, 0.29) is 11.8 Å². The van der Waals surface area contributed by atoms with Gasteiger partial charge in [-0.25, -0.2) is 0 Å². The minimum Gasteiger partial charge on any atom is -0.490 e. The first-order valence-electron chi connectivity index (χ1n) is 11.9. The molecular formula is C25H35N5O3. The quantitative estimate of drug-likeness (QED) is 0.756. The van der Waals surface area contributed by atoms with Gasteiger partial charge < -0.3 is 15.0 Å². The molecule has 2 aliphatic heterocycles. The summed E-state index contributed by atoms with van der Waals surface area (Å²) >= 11 is 0. The second kappa shape index (κ2) is 9.95. The second-order valence-corrected chi connectivity index (χ2v) is 9.20. The SMILES string of the molecule is CC(=O)N1CCCC[C@@]2(CCCN2Cc2cnn(C)c2C)C(=O)Nc2ccccc2OCC1. The van der Waals surface area contributed by atoms with Gasteiger partial charge in [0.2, 0.25) is 11.8 Å². The topological polar surface area (TPSA) is 79.7 Å². The lowest BCUT2D eigenvalue weighted by atomic mass is 9.87. The van der Waals surface area contributed by atoms with Crippen molar-refractivity contribution < 1.29 is 14.3 Å². The maximum absolute atomic E-state index is 13.9. The number of nitrogens with one attached hydrogen (secondary N) is 1. The lowest BCUT2D eigenvalue weighted by Crippen LogP contribution is -2.53. The number of amides is 2. The minimum atomic E-state index is -0.593. The molecule has 0 saturated carbocycles. The molecule has 1 spiro atoms. The van der Waals surface area contributed by atoms with Crippen molar-refractivity contribution in [2.45, 2.75) is 58.0 Å². The Morgan fingerprint density at radius 1 is 1.15 bits per heavy atom. The summed E-state index contributed by atoms with van der Waals surface area (Å²) in [6, 6.07) is 7.55. The number of para-hydroxylation sites is 2. The number of benzene rings is 1. The van der Waals surface area contributed by atoms with E-state index in [9.17, 15) is 9.59 Å². The third-order valence-electron chi connectivity index (χ3n) is 7.21. The number of ether oxygens (including phenoxy) is 1. The number of carbonyl (C=O) groups is 2. The van der Waals surface area contributed by atoms with Gasteiger partial charge in [-0.1, -0.05) is 12.1 Å². The smallest absolute Gasteiger partial charge is 0.245 e. The fourth-order valence-electron chi connectivity index (χ4n) is 5.07. The molecule has 1 aromatic carbocycles. The summed E-state index contributed by atoms with van der Waals surface area (Å²) in [7, 11) is 1.95. The molecule has 1 aromatic heterocycles. The van der Waals surface area contributed by atoms with Crippen LogP contribution < -0.4 is 10.1 Å². The molecule has 0 radical (unpaired) electrons. The first-order valence-corrected chi connectivity index (χ1v) is 11.9. The number of hydrogen-bond donors (Lipinski definition) is 1. The zero-order valence-corrected chi connectivity index (χ0v) is 20.0. The van der Waals surface area contributed by atoms with Gasteiger partial charge >= 0.3 is 0 Å². The summed E-state index contributed by atoms with van der Waals surface area (Å²) in [5.41, 5.74) is 2.36. The number of likely N-dealkylation sites (tertiary alicyclic amines) is 1. The van der Waals surface area contributed by atoms with Crippen LogP contribution in [-0.4, -0.2) is 63.2 Å². The molecule has 4 rings (SSSR count). The van der Waals surface area contributed by atoms with Crippen molar-refractivity contribution >= 4 is 17.5 Å². The molecule has 8 nitrogen and oxygen atoms in total. The van der Waals surface area contributed by atoms with E-state index < -0.39 is 5.54 Å². The maximum Gasteiger partial charge on any atom is 0.245 e. The van der Waals surface area contributed by atoms with Crippen molar-refractivity contribution in [2.24, 2.45) is 7.05 Å². The van der Waals surface area contributed by atoms with Gasteiger partial charge in [0.1, 0.15) is 17.9 Å². The highest BCUT2D eigenvalue weighted by Gasteiger charge is 2.47. The van der Waals surface area contributed by atoms with E-state index in [0.29, 0.717) is 37.7 Å². The van der Waals surface area contributed by atoms with Crippen LogP contribution in [0.4, 0.5) is 5.69 Å². The molecule has 1 atom stereocenters. The Labute approximate surface area is 195 Å². The standard InChI is InChI=1S/C25H35N5O3/c1-19-21(17-26-28(19)3)18-30-14-8-12-25(30)11-6-7-13-29(20(2)31)15-16-33-23-10-5-4-9-22(23)27-24(25)32/h4-5,9-10,17H,6-8,11-16,18H2,1-3H3,(H,27,32)/t25-/m1/s1. The van der Waals surface area contributed by atoms with Crippen LogP contribution in [0.15, 0.2) is 30.5 Å². The second-order valence-electron chi connectivity index (χ2n) is 9.20. The molecule has 178 valence electrons. The van der Waals surface area contributed by atoms with E-state index in [0.717, 1.165) is 49.9 Å². The lowest BCUT2D eigenvalue weighted by molar-refractivity contribution is -0.130. The van der Waals surface area contributed by atoms with Crippen LogP contribution in [0, 0.1) is 6.92 Å². The molecule has 33 heavy (non-hydrogen) atoms. The highest BCUT2D eigenvalue weighted by Crippen LogP contribution is 2.38. The molecule has 2 aromatic rings. The third kappa shape index (κ3) is 4.90. The van der Waals surface area contributed by atoms with Crippen LogP contribution in [0.3, 0.4) is 0 Å². The fourth-order valence-corrected chi connectivity index (χ4v) is 5.07. The van der Waals surface area contributed by atoms with E-state index >= 15 is 0 Å². The van der Waals surface area contributed by atoms with Gasteiger partial charge in [0, 0.05) is 38.3 Å². The zero-order chi connectivity index (χ0) is 23.4. The van der Waals surface area contributed by atoms with Crippen molar-refractivity contribution in [3.8, 4) is 5.75 Å². The molecule has 0 aliphatic carbocycles. The van der Waals surface area contributed by atoms with Crippen LogP contribution in [0.25, 0.3) is 0 Å². The largest absolute Gasteiger partial charge is 0.490 e. The van der Waals surface area contributed by atoms with E-state index in [2.05, 4.69) is 22.2 Å². The summed E-state index contributed by atoms with van der Waals surface area (Å²) in [6.45, 7) is 6.86. The van der Waals surface area contributed by atoms with E-state index in [4.69, 9.17) is 4.74 Å². The fraction of sp³-hybridized carbons (Fsp3) is 0.560. The molecular weight excluding hydrogens is 418 g/mol. The first kappa shape index (κ1) is 23.3. The van der Waals surface area contributed by atoms with Gasteiger partial charge in [0.05, 0.1) is 18.4 Å². The summed E-state index contributed by atoms with van der Waals surface area (Å²) in [6.07, 6.45) is 6.20. The highest BCUT2D eigenvalue weighted by molar-refractivity contribution is 5.99. The van der Waals surface area contributed by atoms with Crippen LogP contribution in [0.1, 0.15) is 50.3 Å². The number of fused-ring (bicyclic) bond motifs is 1. The number of rotatable bonds is 2. The number of nitrogens with zero attached hydrogens (tertiary/aromatic N) is 4. The molecule has 8 heteroatoms. The Bertz CT molecular complexity index is 1000. The lowest BCUT2D eigenvalue weighted by Gasteiger charge is -2.37. The molecule has 1 N–H and O–H groups in total. The Hall–Kier alpha value is -2.87. The maximum atomic E-state index is 13.9. The van der Waals surface area contributed by atoms with Crippen molar-refractivity contribution in [3.05, 3.63) is 41.7 Å². The predicted octanol–water partition coefficient (Wildman–Crippen LogP) is 3.11. The van der Waals surface area contributed by atoms with Crippen LogP contribution in [0.2, 0.25) is 0 Å². The molecule has 0 bridgehead atoms. The minimum absolute atomic E-state index is 0.0280. The van der Waals surface area contributed by atoms with Crippen molar-refractivity contribution in [3.63, 3.8) is 0 Å². The average molecular weight is 454 g/mol. The molecule has 3 heterocycles. The third-order valence-corrected chi connectivity index (χ3v) is 7.21. The Morgan fingerprint density at radius 3 is 2.70 bits per heavy atom. The Morgan fingerprint density at radius 2 is 1.94 bits per heavy atom. The molecule has 2 aliphatic rings. The van der Waals surface area contributed by atoms with Gasteiger partial charge in [-0.05, 0) is 57.7 Å². The van der Waals surface area contributed by atoms with Gasteiger partial charge in [0.15, 0.2) is 0 Å². The van der Waals surface area contributed by atoms with E-state index in [1.54, 1.807) is 6.92 Å². The van der Waals surface area contributed by atoms with Crippen molar-refractivity contribution in [1.29, 1.82) is 0 Å². The zero-order valence-electron chi connectivity index (χ0n) is 20.0. The number of hydrogen-bond acceptors (Lipinski definition) is 5. The van der Waals surface area contributed by atoms with Crippen molar-refractivity contribution in [1.82, 2.24) is 19.6 Å². The van der Waals surface area contributed by atoms with Crippen LogP contribution in [0.5, 0.6) is 5.75 Å². The molecule has 1 fully saturated rings. The summed E-state index contributed by atoms with van der Waals surface area (Å²) in [4.78, 5) is 30.2. The monoisotopic (exact) mass is 453 g/mol. The van der Waals surface area contributed by atoms with E-state index in [1.807, 2.05) is 47.1 Å². The average Bonchev–Trinajstić information content (AvgIpc) is 3.35. The number of aromatic nitrogens is 2. The van der Waals surface area contributed by atoms with Gasteiger partial charge in [0.25, 0.3) is 0 Å². The van der Waals surface area contributed by atoms with Gasteiger partial charge in [-0.3, -0.25) is 19.2 Å². The first-order chi connectivity index (χ1) is 15.9. The normalized spacial score (nSPS) is 22.6.